The Balaban J connectivity index is 2.98. The summed E-state index contributed by atoms with van der Waals surface area (Å²) in [5.41, 5.74) is 10.6. The van der Waals surface area contributed by atoms with Gasteiger partial charge in [-0.25, -0.2) is 0 Å². The molecule has 3 heteroatoms. The molecule has 1 aliphatic rings. The first-order chi connectivity index (χ1) is 4.74. The van der Waals surface area contributed by atoms with Crippen LogP contribution in [0.25, 0.3) is 5.53 Å². The fraction of sp³-hybridized carbons (Fsp3) is 0.429. The second-order valence-electron chi connectivity index (χ2n) is 2.40. The molecule has 0 heterocycles. The Hall–Kier alpha value is -1.21. The summed E-state index contributed by atoms with van der Waals surface area (Å²) in [5, 5.41) is 7.27. The van der Waals surface area contributed by atoms with E-state index in [0.29, 0.717) is 24.3 Å². The molecule has 0 fully saturated rings. The smallest absolute Gasteiger partial charge is 0.295 e. The van der Waals surface area contributed by atoms with Crippen LogP contribution in [-0.2, 0) is 0 Å². The van der Waals surface area contributed by atoms with Crippen molar-refractivity contribution in [1.29, 1.82) is 5.41 Å². The van der Waals surface area contributed by atoms with Crippen molar-refractivity contribution >= 4 is 11.4 Å². The van der Waals surface area contributed by atoms with E-state index in [-0.39, 0.29) is 0 Å². The summed E-state index contributed by atoms with van der Waals surface area (Å²) in [6.07, 6.45) is 3.12. The first kappa shape index (κ1) is 6.90. The lowest BCUT2D eigenvalue weighted by Gasteiger charge is -2.03. The summed E-state index contributed by atoms with van der Waals surface area (Å²) < 4.78 is 0. The molecule has 0 aliphatic heterocycles. The summed E-state index contributed by atoms with van der Waals surface area (Å²) in [5.74, 6) is 0. The maximum atomic E-state index is 8.42. The molecule has 0 bridgehead atoms. The van der Waals surface area contributed by atoms with Gasteiger partial charge in [-0.2, -0.15) is 4.79 Å². The van der Waals surface area contributed by atoms with Crippen LogP contribution in [0.4, 0.5) is 0 Å². The van der Waals surface area contributed by atoms with Crippen molar-refractivity contribution in [2.24, 2.45) is 0 Å². The monoisotopic (exact) mass is 135 g/mol. The summed E-state index contributed by atoms with van der Waals surface area (Å²) in [6, 6.07) is 0. The highest BCUT2D eigenvalue weighted by Crippen LogP contribution is 2.09. The summed E-state index contributed by atoms with van der Waals surface area (Å²) >= 11 is 0. The van der Waals surface area contributed by atoms with Crippen LogP contribution < -0.4 is 0 Å². The van der Waals surface area contributed by atoms with Gasteiger partial charge in [0.05, 0.1) is 6.42 Å². The van der Waals surface area contributed by atoms with Crippen LogP contribution in [-0.4, -0.2) is 16.2 Å². The van der Waals surface area contributed by atoms with Crippen molar-refractivity contribution in [2.75, 3.05) is 0 Å². The zero-order valence-corrected chi connectivity index (χ0v) is 5.89. The molecule has 0 atom stereocenters. The minimum Gasteiger partial charge on any atom is -0.361 e. The van der Waals surface area contributed by atoms with Gasteiger partial charge in [-0.05, 0) is 19.4 Å². The van der Waals surface area contributed by atoms with Gasteiger partial charge in [-0.1, -0.05) is 0 Å². The lowest BCUT2D eigenvalue weighted by molar-refractivity contribution is -0.00729. The molecule has 3 nitrogen and oxygen atoms in total. The van der Waals surface area contributed by atoms with Crippen LogP contribution in [0.1, 0.15) is 19.8 Å². The second kappa shape index (κ2) is 2.58. The Labute approximate surface area is 59.5 Å². The molecule has 10 heavy (non-hydrogen) atoms. The minimum absolute atomic E-state index is 0.616. The van der Waals surface area contributed by atoms with E-state index in [4.69, 9.17) is 10.9 Å². The van der Waals surface area contributed by atoms with Crippen LogP contribution in [0.5, 0.6) is 0 Å². The lowest BCUT2D eigenvalue weighted by Crippen LogP contribution is -2.11. The van der Waals surface area contributed by atoms with E-state index >= 15 is 0 Å². The number of hydrogen-bond acceptors (Lipinski definition) is 1. The van der Waals surface area contributed by atoms with Crippen LogP contribution in [0, 0.1) is 5.41 Å². The Bertz CT molecular complexity index is 244. The fourth-order valence-corrected chi connectivity index (χ4v) is 0.996. The molecule has 0 saturated heterocycles. The van der Waals surface area contributed by atoms with Gasteiger partial charge in [0.2, 0.25) is 0 Å². The first-order valence-electron chi connectivity index (χ1n) is 3.21. The third kappa shape index (κ3) is 1.20. The average molecular weight is 135 g/mol. The van der Waals surface area contributed by atoms with Crippen molar-refractivity contribution in [3.8, 4) is 0 Å². The highest BCUT2D eigenvalue weighted by Gasteiger charge is 2.16. The topological polar surface area (TPSA) is 60.2 Å². The van der Waals surface area contributed by atoms with Crippen LogP contribution in [0.2, 0.25) is 0 Å². The van der Waals surface area contributed by atoms with Gasteiger partial charge in [-0.3, -0.25) is 0 Å². The van der Waals surface area contributed by atoms with E-state index in [0.717, 1.165) is 5.57 Å². The third-order valence-corrected chi connectivity index (χ3v) is 1.60. The molecule has 0 unspecified atom stereocenters. The van der Waals surface area contributed by atoms with Gasteiger partial charge in [-0.15, -0.1) is 0 Å². The lowest BCUT2D eigenvalue weighted by atomic mass is 9.97. The normalized spacial score (nSPS) is 18.3. The van der Waals surface area contributed by atoms with Crippen molar-refractivity contribution in [3.63, 3.8) is 0 Å². The van der Waals surface area contributed by atoms with Crippen LogP contribution in [0.3, 0.4) is 0 Å². The molecule has 52 valence electrons. The maximum Gasteiger partial charge on any atom is 0.295 e. The molecule has 0 aromatic rings. The molecular formula is C7H9N3. The Kier molecular flexibility index (Phi) is 1.78. The van der Waals surface area contributed by atoms with E-state index in [1.807, 2.05) is 6.92 Å². The minimum atomic E-state index is 0.616. The molecule has 1 aliphatic carbocycles. The molecular weight excluding hydrogens is 126 g/mol. The second-order valence-corrected chi connectivity index (χ2v) is 2.40. The predicted octanol–water partition coefficient (Wildman–Crippen LogP) is 1.42. The molecule has 1 N–H and O–H groups in total. The standard InChI is InChI=1S/C7H9N3/c1-5-4-6(8)2-3-7(5)10-9/h4,8H,2-3H2,1H3. The average Bonchev–Trinajstić information content (AvgIpc) is 1.88. The Morgan fingerprint density at radius 1 is 1.60 bits per heavy atom. The fourth-order valence-electron chi connectivity index (χ4n) is 0.996. The largest absolute Gasteiger partial charge is 0.361 e. The van der Waals surface area contributed by atoms with Crippen LogP contribution in [0.15, 0.2) is 11.6 Å². The summed E-state index contributed by atoms with van der Waals surface area (Å²) in [7, 11) is 0. The Morgan fingerprint density at radius 2 is 2.30 bits per heavy atom. The SMILES string of the molecule is CC1=CC(=N)CCC1=[N+]=[N-]. The molecule has 1 rings (SSSR count). The first-order valence-corrected chi connectivity index (χ1v) is 3.21. The van der Waals surface area contributed by atoms with E-state index in [2.05, 4.69) is 4.79 Å². The highest BCUT2D eigenvalue weighted by atomic mass is 14.9. The highest BCUT2D eigenvalue weighted by molar-refractivity contribution is 6.08. The quantitative estimate of drug-likeness (QED) is 0.385. The zero-order chi connectivity index (χ0) is 7.56. The maximum absolute atomic E-state index is 8.42. The number of allylic oxidation sites excluding steroid dienone is 2. The Morgan fingerprint density at radius 3 is 2.80 bits per heavy atom. The number of rotatable bonds is 0. The zero-order valence-electron chi connectivity index (χ0n) is 5.89. The van der Waals surface area contributed by atoms with Crippen molar-refractivity contribution < 1.29 is 4.79 Å². The molecule has 0 spiro atoms. The predicted molar refractivity (Wildman–Crippen MR) is 39.3 cm³/mol. The van der Waals surface area contributed by atoms with Gasteiger partial charge >= 0.3 is 0 Å². The number of hydrogen-bond donors (Lipinski definition) is 1. The van der Waals surface area contributed by atoms with Crippen molar-refractivity contribution in [2.45, 2.75) is 19.8 Å². The summed E-state index contributed by atoms with van der Waals surface area (Å²) in [4.78, 5) is 3.11. The number of nitrogens with one attached hydrogen (secondary N) is 1. The molecule has 0 aromatic heterocycles. The van der Waals surface area contributed by atoms with Gasteiger partial charge in [0.15, 0.2) is 0 Å². The molecule has 0 amide bonds. The van der Waals surface area contributed by atoms with E-state index in [1.54, 1.807) is 6.08 Å². The van der Waals surface area contributed by atoms with Crippen molar-refractivity contribution in [3.05, 3.63) is 17.2 Å². The van der Waals surface area contributed by atoms with E-state index < -0.39 is 0 Å². The molecule has 0 saturated carbocycles. The van der Waals surface area contributed by atoms with Gasteiger partial charge in [0, 0.05) is 11.3 Å². The van der Waals surface area contributed by atoms with Gasteiger partial charge in [0.25, 0.3) is 5.71 Å². The van der Waals surface area contributed by atoms with Gasteiger partial charge < -0.3 is 10.9 Å². The van der Waals surface area contributed by atoms with Crippen molar-refractivity contribution in [1.82, 2.24) is 0 Å². The summed E-state index contributed by atoms with van der Waals surface area (Å²) in [6.45, 7) is 1.85. The van der Waals surface area contributed by atoms with Gasteiger partial charge in [0.1, 0.15) is 0 Å². The molecule has 0 radical (unpaired) electrons. The third-order valence-electron chi connectivity index (χ3n) is 1.60. The number of nitrogens with zero attached hydrogens (tertiary/aromatic N) is 2. The van der Waals surface area contributed by atoms with Crippen LogP contribution >= 0.6 is 0 Å². The van der Waals surface area contributed by atoms with E-state index in [9.17, 15) is 0 Å². The van der Waals surface area contributed by atoms with E-state index in [1.165, 1.54) is 0 Å². The molecule has 0 aromatic carbocycles.